The predicted molar refractivity (Wildman–Crippen MR) is 63.8 cm³/mol. The maximum atomic E-state index is 13.4. The normalized spacial score (nSPS) is 11.9. The molecule has 0 aliphatic rings. The highest BCUT2D eigenvalue weighted by Crippen LogP contribution is 2.30. The molecule has 0 fully saturated rings. The lowest BCUT2D eigenvalue weighted by Crippen LogP contribution is -2.39. The van der Waals surface area contributed by atoms with Crippen LogP contribution in [0.1, 0.15) is 6.92 Å². The van der Waals surface area contributed by atoms with E-state index in [4.69, 9.17) is 11.5 Å². The number of urea groups is 1. The number of rotatable bonds is 3. The van der Waals surface area contributed by atoms with Crippen LogP contribution in [-0.4, -0.2) is 17.2 Å². The zero-order valence-corrected chi connectivity index (χ0v) is 10.2. The molecule has 8 heteroatoms. The van der Waals surface area contributed by atoms with Crippen LogP contribution in [0.25, 0.3) is 0 Å². The Morgan fingerprint density at radius 3 is 2.28 bits per heavy atom. The van der Waals surface area contributed by atoms with Crippen molar-refractivity contribution in [1.29, 1.82) is 0 Å². The smallest absolute Gasteiger partial charge is 0.318 e. The van der Waals surface area contributed by atoms with Gasteiger partial charge in [-0.2, -0.15) is 0 Å². The van der Waals surface area contributed by atoms with Gasteiger partial charge < -0.3 is 11.5 Å². The first kappa shape index (κ1) is 14.2. The average Bonchev–Trinajstić information content (AvgIpc) is 2.21. The fraction of sp³-hybridized carbons (Fsp3) is 0.200. The summed E-state index contributed by atoms with van der Waals surface area (Å²) < 4.78 is 26.9. The molecule has 0 radical (unpaired) electrons. The molecular formula is C10H11F2N3O2S. The lowest BCUT2D eigenvalue weighted by atomic mass is 10.3. The van der Waals surface area contributed by atoms with Crippen LogP contribution in [0.3, 0.4) is 0 Å². The third-order valence-corrected chi connectivity index (χ3v) is 3.12. The molecule has 0 aliphatic carbocycles. The SMILES string of the molecule is CC(Sc1c(F)cc(N)cc1F)C(=O)NC(N)=O. The zero-order valence-electron chi connectivity index (χ0n) is 9.37. The van der Waals surface area contributed by atoms with E-state index in [9.17, 15) is 18.4 Å². The largest absolute Gasteiger partial charge is 0.399 e. The summed E-state index contributed by atoms with van der Waals surface area (Å²) in [6, 6.07) is 0.875. The van der Waals surface area contributed by atoms with Crippen molar-refractivity contribution in [3.63, 3.8) is 0 Å². The molecule has 0 spiro atoms. The number of primary amides is 1. The molecular weight excluding hydrogens is 264 g/mol. The Morgan fingerprint density at radius 2 is 1.83 bits per heavy atom. The van der Waals surface area contributed by atoms with Crippen LogP contribution in [0.15, 0.2) is 17.0 Å². The van der Waals surface area contributed by atoms with Crippen LogP contribution in [0.2, 0.25) is 0 Å². The third kappa shape index (κ3) is 3.59. The Morgan fingerprint density at radius 1 is 1.33 bits per heavy atom. The van der Waals surface area contributed by atoms with Gasteiger partial charge in [-0.15, -0.1) is 11.8 Å². The number of nitrogens with two attached hydrogens (primary N) is 2. The van der Waals surface area contributed by atoms with Gasteiger partial charge in [0.15, 0.2) is 0 Å². The topological polar surface area (TPSA) is 98.2 Å². The highest BCUT2D eigenvalue weighted by molar-refractivity contribution is 8.00. The first-order chi connectivity index (χ1) is 8.31. The molecule has 0 saturated heterocycles. The van der Waals surface area contributed by atoms with Crippen molar-refractivity contribution >= 4 is 29.4 Å². The number of amides is 3. The zero-order chi connectivity index (χ0) is 13.9. The molecule has 1 unspecified atom stereocenters. The monoisotopic (exact) mass is 275 g/mol. The maximum absolute atomic E-state index is 13.4. The summed E-state index contributed by atoms with van der Waals surface area (Å²) in [6.45, 7) is 1.39. The standard InChI is InChI=1S/C10H11F2N3O2S/c1-4(9(16)15-10(14)17)18-8-6(11)2-5(13)3-7(8)12/h2-4H,13H2,1H3,(H3,14,15,16,17). The molecule has 3 amide bonds. The van der Waals surface area contributed by atoms with Gasteiger partial charge in [-0.3, -0.25) is 10.1 Å². The molecule has 1 atom stereocenters. The Kier molecular flexibility index (Phi) is 4.49. The van der Waals surface area contributed by atoms with Crippen LogP contribution in [0.5, 0.6) is 0 Å². The van der Waals surface area contributed by atoms with Gasteiger partial charge in [-0.05, 0) is 19.1 Å². The molecule has 0 bridgehead atoms. The van der Waals surface area contributed by atoms with Gasteiger partial charge in [0, 0.05) is 5.69 Å². The summed E-state index contributed by atoms with van der Waals surface area (Å²) in [5.41, 5.74) is 9.96. The Bertz CT molecular complexity index is 473. The number of carbonyl (C=O) groups is 2. The van der Waals surface area contributed by atoms with Crippen LogP contribution in [-0.2, 0) is 4.79 Å². The van der Waals surface area contributed by atoms with Gasteiger partial charge in [0.25, 0.3) is 0 Å². The first-order valence-corrected chi connectivity index (χ1v) is 5.70. The van der Waals surface area contributed by atoms with Crippen molar-refractivity contribution in [3.05, 3.63) is 23.8 Å². The average molecular weight is 275 g/mol. The molecule has 5 nitrogen and oxygen atoms in total. The summed E-state index contributed by atoms with van der Waals surface area (Å²) in [4.78, 5) is 21.5. The molecule has 1 rings (SSSR count). The van der Waals surface area contributed by atoms with E-state index in [0.717, 1.165) is 12.1 Å². The summed E-state index contributed by atoms with van der Waals surface area (Å²) in [5.74, 6) is -2.46. The van der Waals surface area contributed by atoms with Crippen LogP contribution >= 0.6 is 11.8 Å². The van der Waals surface area contributed by atoms with Crippen LogP contribution in [0, 0.1) is 11.6 Å². The lowest BCUT2D eigenvalue weighted by molar-refractivity contribution is -0.119. The van der Waals surface area contributed by atoms with Gasteiger partial charge in [0.05, 0.1) is 10.1 Å². The first-order valence-electron chi connectivity index (χ1n) is 4.82. The van der Waals surface area contributed by atoms with E-state index in [2.05, 4.69) is 0 Å². The van der Waals surface area contributed by atoms with Gasteiger partial charge in [-0.1, -0.05) is 0 Å². The molecule has 0 saturated carbocycles. The summed E-state index contributed by atoms with van der Waals surface area (Å²) >= 11 is 0.630. The van der Waals surface area contributed by atoms with Gasteiger partial charge in [0.1, 0.15) is 11.6 Å². The van der Waals surface area contributed by atoms with E-state index in [1.54, 1.807) is 0 Å². The summed E-state index contributed by atoms with van der Waals surface area (Å²) in [6.07, 6.45) is 0. The number of hydrogen-bond acceptors (Lipinski definition) is 4. The molecule has 0 aliphatic heterocycles. The number of anilines is 1. The quantitative estimate of drug-likeness (QED) is 0.570. The fourth-order valence-electron chi connectivity index (χ4n) is 1.15. The molecule has 98 valence electrons. The number of nitrogens with one attached hydrogen (secondary N) is 1. The van der Waals surface area contributed by atoms with E-state index in [0.29, 0.717) is 11.8 Å². The Hall–Kier alpha value is -1.83. The minimum Gasteiger partial charge on any atom is -0.399 e. The highest BCUT2D eigenvalue weighted by atomic mass is 32.2. The second-order valence-electron chi connectivity index (χ2n) is 3.43. The highest BCUT2D eigenvalue weighted by Gasteiger charge is 2.20. The molecule has 1 aromatic rings. The van der Waals surface area contributed by atoms with Gasteiger partial charge >= 0.3 is 6.03 Å². The van der Waals surface area contributed by atoms with Crippen LogP contribution < -0.4 is 16.8 Å². The van der Waals surface area contributed by atoms with Crippen molar-refractivity contribution in [2.75, 3.05) is 5.73 Å². The second-order valence-corrected chi connectivity index (χ2v) is 4.78. The lowest BCUT2D eigenvalue weighted by Gasteiger charge is -2.11. The number of nitrogen functional groups attached to an aromatic ring is 1. The number of hydrogen-bond donors (Lipinski definition) is 3. The summed E-state index contributed by atoms with van der Waals surface area (Å²) in [5, 5.41) is 0.938. The maximum Gasteiger partial charge on any atom is 0.318 e. The van der Waals surface area contributed by atoms with Crippen LogP contribution in [0.4, 0.5) is 19.3 Å². The van der Waals surface area contributed by atoms with Crippen molar-refractivity contribution in [2.24, 2.45) is 5.73 Å². The van der Waals surface area contributed by atoms with Crippen molar-refractivity contribution < 1.29 is 18.4 Å². The van der Waals surface area contributed by atoms with E-state index >= 15 is 0 Å². The van der Waals surface area contributed by atoms with E-state index in [1.807, 2.05) is 5.32 Å². The van der Waals surface area contributed by atoms with E-state index in [-0.39, 0.29) is 10.6 Å². The minimum atomic E-state index is -1.02. The van der Waals surface area contributed by atoms with Gasteiger partial charge in [-0.25, -0.2) is 13.6 Å². The van der Waals surface area contributed by atoms with Crippen molar-refractivity contribution in [3.8, 4) is 0 Å². The number of carbonyl (C=O) groups excluding carboxylic acids is 2. The number of halogens is 2. The third-order valence-electron chi connectivity index (χ3n) is 1.93. The molecule has 0 aromatic heterocycles. The molecule has 5 N–H and O–H groups in total. The molecule has 18 heavy (non-hydrogen) atoms. The molecule has 1 aromatic carbocycles. The number of thioether (sulfide) groups is 1. The minimum absolute atomic E-state index is 0.0522. The number of imide groups is 1. The van der Waals surface area contributed by atoms with Gasteiger partial charge in [0.2, 0.25) is 5.91 Å². The van der Waals surface area contributed by atoms with E-state index < -0.39 is 28.8 Å². The summed E-state index contributed by atoms with van der Waals surface area (Å²) in [7, 11) is 0. The molecule has 0 heterocycles. The van der Waals surface area contributed by atoms with E-state index in [1.165, 1.54) is 6.92 Å². The van der Waals surface area contributed by atoms with Crippen molar-refractivity contribution in [1.82, 2.24) is 5.32 Å². The Balaban J connectivity index is 2.85. The second kappa shape index (κ2) is 5.67. The number of benzene rings is 1. The fourth-order valence-corrected chi connectivity index (χ4v) is 2.01. The Labute approximate surface area is 106 Å². The predicted octanol–water partition coefficient (Wildman–Crippen LogP) is 1.22. The van der Waals surface area contributed by atoms with Crippen molar-refractivity contribution in [2.45, 2.75) is 17.1 Å².